The number of anilines is 1. The molecule has 1 aliphatic heterocycles. The summed E-state index contributed by atoms with van der Waals surface area (Å²) < 4.78 is 32.7. The van der Waals surface area contributed by atoms with Crippen LogP contribution >= 0.6 is 11.3 Å². The van der Waals surface area contributed by atoms with Gasteiger partial charge >= 0.3 is 0 Å². The number of ether oxygens (including phenoxy) is 3. The number of methoxy groups -OCH3 is 3. The molecule has 4 rings (SSSR count). The number of aromatic nitrogens is 1. The summed E-state index contributed by atoms with van der Waals surface area (Å²) in [5.74, 6) is 0.526. The van der Waals surface area contributed by atoms with Crippen LogP contribution < -0.4 is 34.3 Å². The Morgan fingerprint density at radius 3 is 2.34 bits per heavy atom. The summed E-state index contributed by atoms with van der Waals surface area (Å²) in [7, 11) is 8.36. The molecule has 1 amide bonds. The third-order valence-electron chi connectivity index (χ3n) is 5.60. The Labute approximate surface area is 205 Å². The molecule has 2 heterocycles. The van der Waals surface area contributed by atoms with Gasteiger partial charge in [0, 0.05) is 24.3 Å². The van der Waals surface area contributed by atoms with E-state index in [1.807, 2.05) is 19.0 Å². The smallest absolute Gasteiger partial charge is 0.269 e. The Morgan fingerprint density at radius 1 is 1.06 bits per heavy atom. The molecule has 3 aromatic rings. The van der Waals surface area contributed by atoms with Crippen LogP contribution in [0.4, 0.5) is 10.1 Å². The first-order chi connectivity index (χ1) is 16.8. The molecule has 1 N–H and O–H groups in total. The van der Waals surface area contributed by atoms with Crippen molar-refractivity contribution in [2.24, 2.45) is 0 Å². The molecule has 184 valence electrons. The van der Waals surface area contributed by atoms with Crippen LogP contribution in [0.1, 0.15) is 11.1 Å². The highest BCUT2D eigenvalue weighted by Crippen LogP contribution is 2.38. The van der Waals surface area contributed by atoms with E-state index in [-0.39, 0.29) is 17.0 Å². The van der Waals surface area contributed by atoms with Crippen LogP contribution in [-0.4, -0.2) is 57.3 Å². The largest absolute Gasteiger partial charge is 0.493 e. The molecule has 8 nitrogen and oxygen atoms in total. The predicted molar refractivity (Wildman–Crippen MR) is 134 cm³/mol. The van der Waals surface area contributed by atoms with Crippen molar-refractivity contribution in [1.29, 1.82) is 0 Å². The zero-order valence-electron chi connectivity index (χ0n) is 20.1. The summed E-state index contributed by atoms with van der Waals surface area (Å²) in [6, 6.07) is 7.61. The first-order valence-electron chi connectivity index (χ1n) is 10.8. The van der Waals surface area contributed by atoms with Crippen molar-refractivity contribution in [2.75, 3.05) is 47.3 Å². The summed E-state index contributed by atoms with van der Waals surface area (Å²) in [5.41, 5.74) is 1.66. The molecule has 0 bridgehead atoms. The van der Waals surface area contributed by atoms with Gasteiger partial charge < -0.3 is 24.4 Å². The maximum Gasteiger partial charge on any atom is 0.269 e. The van der Waals surface area contributed by atoms with Crippen molar-refractivity contribution < 1.29 is 23.4 Å². The van der Waals surface area contributed by atoms with E-state index in [1.54, 1.807) is 22.8 Å². The molecule has 0 atom stereocenters. The first kappa shape index (κ1) is 24.5. The van der Waals surface area contributed by atoms with Crippen LogP contribution in [-0.2, 0) is 11.3 Å². The zero-order valence-corrected chi connectivity index (χ0v) is 20.9. The van der Waals surface area contributed by atoms with Crippen LogP contribution in [0.5, 0.6) is 17.2 Å². The van der Waals surface area contributed by atoms with E-state index in [2.05, 4.69) is 5.32 Å². The maximum atomic E-state index is 14.0. The standard InChI is InChI=1S/C25H26FN3O5S/c1-28(2)8-9-29-24(31)20(12-14-10-18(32-3)22(34-5)19(11-14)33-4)35-25(29)21-16-13-15(26)6-7-17(16)27-23(21)30/h6-7,10-13H,8-9H2,1-5H3,(H,27,30)/b20-12+,25-21+. The van der Waals surface area contributed by atoms with Gasteiger partial charge in [-0.3, -0.25) is 14.2 Å². The van der Waals surface area contributed by atoms with Crippen molar-refractivity contribution in [3.8, 4) is 17.2 Å². The van der Waals surface area contributed by atoms with E-state index >= 15 is 0 Å². The molecule has 0 saturated carbocycles. The minimum Gasteiger partial charge on any atom is -0.493 e. The monoisotopic (exact) mass is 499 g/mol. The summed E-state index contributed by atoms with van der Waals surface area (Å²) in [5, 5.41) is 2.77. The van der Waals surface area contributed by atoms with Gasteiger partial charge in [0.1, 0.15) is 10.5 Å². The van der Waals surface area contributed by atoms with Gasteiger partial charge in [-0.15, -0.1) is 11.3 Å². The van der Waals surface area contributed by atoms with Gasteiger partial charge in [0.05, 0.1) is 31.4 Å². The number of fused-ring (bicyclic) bond motifs is 1. The second-order valence-electron chi connectivity index (χ2n) is 8.15. The molecule has 0 saturated heterocycles. The highest BCUT2D eigenvalue weighted by molar-refractivity contribution is 7.07. The lowest BCUT2D eigenvalue weighted by Gasteiger charge is -2.12. The number of likely N-dealkylation sites (N-methyl/N-ethyl adjacent to an activating group) is 1. The van der Waals surface area contributed by atoms with E-state index in [1.165, 1.54) is 50.9 Å². The van der Waals surface area contributed by atoms with Crippen molar-refractivity contribution in [3.05, 3.63) is 66.8 Å². The fourth-order valence-electron chi connectivity index (χ4n) is 3.90. The lowest BCUT2D eigenvalue weighted by Crippen LogP contribution is -2.36. The molecule has 1 aromatic heterocycles. The van der Waals surface area contributed by atoms with Crippen LogP contribution in [0, 0.1) is 5.82 Å². The third-order valence-corrected chi connectivity index (χ3v) is 6.73. The molecule has 2 aromatic carbocycles. The number of benzene rings is 2. The number of hydrogen-bond acceptors (Lipinski definition) is 7. The SMILES string of the molecule is COc1cc(/C=c2/s/c(=C3/C(=O)Nc4ccc(F)cc43)n(CCN(C)C)c2=O)cc(OC)c1OC. The maximum absolute atomic E-state index is 14.0. The molecule has 0 spiro atoms. The number of nitrogens with zero attached hydrogens (tertiary/aromatic N) is 2. The second kappa shape index (κ2) is 9.93. The Balaban J connectivity index is 2.00. The normalized spacial score (nSPS) is 14.8. The minimum atomic E-state index is -0.458. The number of carbonyl (C=O) groups is 1. The van der Waals surface area contributed by atoms with Gasteiger partial charge in [0.15, 0.2) is 11.5 Å². The van der Waals surface area contributed by atoms with Crippen molar-refractivity contribution in [1.82, 2.24) is 9.47 Å². The number of halogens is 1. The average molecular weight is 500 g/mol. The fraction of sp³-hybridized carbons (Fsp3) is 0.280. The molecular formula is C25H26FN3O5S. The minimum absolute atomic E-state index is 0.245. The highest BCUT2D eigenvalue weighted by Gasteiger charge is 2.27. The number of thiazole rings is 1. The number of nitrogens with one attached hydrogen (secondary N) is 1. The first-order valence-corrected chi connectivity index (χ1v) is 11.6. The topological polar surface area (TPSA) is 82.0 Å². The van der Waals surface area contributed by atoms with Crippen LogP contribution in [0.2, 0.25) is 0 Å². The van der Waals surface area contributed by atoms with Gasteiger partial charge in [0.2, 0.25) is 5.75 Å². The van der Waals surface area contributed by atoms with E-state index < -0.39 is 5.82 Å². The summed E-state index contributed by atoms with van der Waals surface area (Å²) in [6.45, 7) is 0.945. The van der Waals surface area contributed by atoms with E-state index in [4.69, 9.17) is 14.2 Å². The summed E-state index contributed by atoms with van der Waals surface area (Å²) >= 11 is 1.18. The van der Waals surface area contributed by atoms with Gasteiger partial charge in [-0.05, 0) is 56.1 Å². The highest BCUT2D eigenvalue weighted by atomic mass is 32.1. The van der Waals surface area contributed by atoms with E-state index in [9.17, 15) is 14.0 Å². The molecule has 0 radical (unpaired) electrons. The van der Waals surface area contributed by atoms with Crippen molar-refractivity contribution in [3.63, 3.8) is 0 Å². The number of amides is 1. The quantitative estimate of drug-likeness (QED) is 0.532. The van der Waals surface area contributed by atoms with E-state index in [0.717, 1.165) is 0 Å². The number of carbonyl (C=O) groups excluding carboxylic acids is 1. The Bertz CT molecular complexity index is 1450. The molecule has 1 aliphatic rings. The molecule has 35 heavy (non-hydrogen) atoms. The van der Waals surface area contributed by atoms with Crippen molar-refractivity contribution >= 4 is 34.6 Å². The fourth-order valence-corrected chi connectivity index (χ4v) is 5.09. The van der Waals surface area contributed by atoms with Crippen LogP contribution in [0.25, 0.3) is 11.6 Å². The van der Waals surface area contributed by atoms with Crippen molar-refractivity contribution in [2.45, 2.75) is 6.54 Å². The molecule has 10 heteroatoms. The third kappa shape index (κ3) is 4.67. The average Bonchev–Trinajstić information content (AvgIpc) is 3.31. The number of hydrogen-bond donors (Lipinski definition) is 1. The Kier molecular flexibility index (Phi) is 6.95. The lowest BCUT2D eigenvalue weighted by molar-refractivity contribution is -0.110. The van der Waals surface area contributed by atoms with Crippen LogP contribution in [0.3, 0.4) is 0 Å². The molecule has 0 fully saturated rings. The molecular weight excluding hydrogens is 473 g/mol. The Morgan fingerprint density at radius 2 is 1.74 bits per heavy atom. The molecule has 0 unspecified atom stereocenters. The van der Waals surface area contributed by atoms with Gasteiger partial charge in [-0.1, -0.05) is 0 Å². The predicted octanol–water partition coefficient (Wildman–Crippen LogP) is 1.62. The van der Waals surface area contributed by atoms with Crippen LogP contribution in [0.15, 0.2) is 35.1 Å². The lowest BCUT2D eigenvalue weighted by atomic mass is 10.1. The van der Waals surface area contributed by atoms with Gasteiger partial charge in [-0.2, -0.15) is 0 Å². The summed E-state index contributed by atoms with van der Waals surface area (Å²) in [6.07, 6.45) is 1.72. The van der Waals surface area contributed by atoms with E-state index in [0.29, 0.717) is 56.3 Å². The molecule has 0 aliphatic carbocycles. The van der Waals surface area contributed by atoms with Gasteiger partial charge in [-0.25, -0.2) is 4.39 Å². The zero-order chi connectivity index (χ0) is 25.3. The Hall–Kier alpha value is -3.63. The second-order valence-corrected chi connectivity index (χ2v) is 9.18. The van der Waals surface area contributed by atoms with Gasteiger partial charge in [0.25, 0.3) is 11.5 Å². The number of rotatable bonds is 7. The summed E-state index contributed by atoms with van der Waals surface area (Å²) in [4.78, 5) is 28.3.